The van der Waals surface area contributed by atoms with E-state index in [0.29, 0.717) is 11.9 Å². The molecule has 3 heteroatoms. The minimum atomic E-state index is 0.146. The van der Waals surface area contributed by atoms with Crippen molar-refractivity contribution >= 4 is 5.91 Å². The molecule has 3 aliphatic rings. The van der Waals surface area contributed by atoms with Crippen LogP contribution in [0.2, 0.25) is 0 Å². The topological polar surface area (TPSA) is 32.3 Å². The van der Waals surface area contributed by atoms with Crippen molar-refractivity contribution in [2.45, 2.75) is 77.3 Å². The normalized spacial score (nSPS) is 31.7. The molecule has 2 atom stereocenters. The average molecular weight is 292 g/mol. The van der Waals surface area contributed by atoms with Crippen molar-refractivity contribution in [2.24, 2.45) is 17.8 Å². The third-order valence-electron chi connectivity index (χ3n) is 5.78. The SMILES string of the molecule is CC(C)C(=O)N1CCC(NC2CCCC(C3CC3)C2)CC1. The first-order valence-corrected chi connectivity index (χ1v) is 9.18. The Morgan fingerprint density at radius 1 is 0.952 bits per heavy atom. The molecule has 0 bridgehead atoms. The number of amides is 1. The molecule has 0 aromatic rings. The first-order valence-electron chi connectivity index (χ1n) is 9.18. The van der Waals surface area contributed by atoms with Crippen LogP contribution in [0.4, 0.5) is 0 Å². The first-order chi connectivity index (χ1) is 10.1. The van der Waals surface area contributed by atoms with Crippen LogP contribution in [0.1, 0.15) is 65.2 Å². The second-order valence-corrected chi connectivity index (χ2v) is 7.88. The average Bonchev–Trinajstić information content (AvgIpc) is 3.32. The minimum Gasteiger partial charge on any atom is -0.342 e. The second kappa shape index (κ2) is 6.68. The molecule has 1 aliphatic heterocycles. The summed E-state index contributed by atoms with van der Waals surface area (Å²) < 4.78 is 0. The molecule has 1 N–H and O–H groups in total. The summed E-state index contributed by atoms with van der Waals surface area (Å²) in [6, 6.07) is 1.39. The molecule has 1 saturated heterocycles. The Morgan fingerprint density at radius 3 is 2.29 bits per heavy atom. The molecule has 1 amide bonds. The molecular weight excluding hydrogens is 260 g/mol. The highest BCUT2D eigenvalue weighted by molar-refractivity contribution is 5.78. The van der Waals surface area contributed by atoms with Crippen molar-refractivity contribution in [2.75, 3.05) is 13.1 Å². The van der Waals surface area contributed by atoms with Gasteiger partial charge in [-0.2, -0.15) is 0 Å². The predicted octanol–water partition coefficient (Wildman–Crippen LogP) is 3.19. The van der Waals surface area contributed by atoms with E-state index >= 15 is 0 Å². The maximum absolute atomic E-state index is 12.0. The highest BCUT2D eigenvalue weighted by Gasteiger charge is 2.35. The summed E-state index contributed by atoms with van der Waals surface area (Å²) in [4.78, 5) is 14.1. The van der Waals surface area contributed by atoms with E-state index in [9.17, 15) is 4.79 Å². The van der Waals surface area contributed by atoms with E-state index in [0.717, 1.165) is 43.8 Å². The number of rotatable bonds is 4. The van der Waals surface area contributed by atoms with Gasteiger partial charge in [-0.1, -0.05) is 26.7 Å². The number of hydrogen-bond acceptors (Lipinski definition) is 2. The number of hydrogen-bond donors (Lipinski definition) is 1. The summed E-state index contributed by atoms with van der Waals surface area (Å²) in [6.07, 6.45) is 10.9. The molecule has 1 heterocycles. The largest absolute Gasteiger partial charge is 0.342 e. The molecule has 0 aromatic heterocycles. The van der Waals surface area contributed by atoms with Gasteiger partial charge in [-0.05, 0) is 50.4 Å². The van der Waals surface area contributed by atoms with Crippen LogP contribution in [0.3, 0.4) is 0 Å². The third-order valence-corrected chi connectivity index (χ3v) is 5.78. The van der Waals surface area contributed by atoms with E-state index in [1.54, 1.807) is 0 Å². The van der Waals surface area contributed by atoms with Crippen LogP contribution in [0, 0.1) is 17.8 Å². The first kappa shape index (κ1) is 15.3. The van der Waals surface area contributed by atoms with Crippen molar-refractivity contribution in [1.82, 2.24) is 10.2 Å². The summed E-state index contributed by atoms with van der Waals surface area (Å²) in [7, 11) is 0. The van der Waals surface area contributed by atoms with Crippen molar-refractivity contribution < 1.29 is 4.79 Å². The molecule has 2 unspecified atom stereocenters. The van der Waals surface area contributed by atoms with E-state index in [1.807, 2.05) is 13.8 Å². The zero-order chi connectivity index (χ0) is 14.8. The highest BCUT2D eigenvalue weighted by atomic mass is 16.2. The van der Waals surface area contributed by atoms with Crippen LogP contribution in [-0.2, 0) is 4.79 Å². The van der Waals surface area contributed by atoms with Crippen molar-refractivity contribution in [1.29, 1.82) is 0 Å². The van der Waals surface area contributed by atoms with Crippen molar-refractivity contribution in [3.63, 3.8) is 0 Å². The van der Waals surface area contributed by atoms with Crippen LogP contribution in [0.25, 0.3) is 0 Å². The minimum absolute atomic E-state index is 0.146. The fourth-order valence-electron chi connectivity index (χ4n) is 4.34. The molecule has 3 nitrogen and oxygen atoms in total. The summed E-state index contributed by atoms with van der Waals surface area (Å²) in [6.45, 7) is 5.92. The lowest BCUT2D eigenvalue weighted by Crippen LogP contribution is -2.49. The molecule has 120 valence electrons. The molecule has 0 spiro atoms. The third kappa shape index (κ3) is 4.00. The zero-order valence-corrected chi connectivity index (χ0v) is 13.8. The zero-order valence-electron chi connectivity index (χ0n) is 13.8. The summed E-state index contributed by atoms with van der Waals surface area (Å²) in [5, 5.41) is 3.92. The van der Waals surface area contributed by atoms with Crippen molar-refractivity contribution in [3.8, 4) is 0 Å². The molecule has 2 aliphatic carbocycles. The van der Waals surface area contributed by atoms with Crippen LogP contribution in [0.15, 0.2) is 0 Å². The van der Waals surface area contributed by atoms with Gasteiger partial charge in [0.2, 0.25) is 5.91 Å². The maximum Gasteiger partial charge on any atom is 0.225 e. The Labute approximate surface area is 129 Å². The van der Waals surface area contributed by atoms with Gasteiger partial charge in [-0.3, -0.25) is 4.79 Å². The summed E-state index contributed by atoms with van der Waals surface area (Å²) >= 11 is 0. The standard InChI is InChI=1S/C18H32N2O/c1-13(2)18(21)20-10-8-16(9-11-20)19-17-5-3-4-15(12-17)14-6-7-14/h13-17,19H,3-12H2,1-2H3. The monoisotopic (exact) mass is 292 g/mol. The number of nitrogens with zero attached hydrogens (tertiary/aromatic N) is 1. The molecular formula is C18H32N2O. The van der Waals surface area contributed by atoms with Gasteiger partial charge in [0.15, 0.2) is 0 Å². The predicted molar refractivity (Wildman–Crippen MR) is 86.0 cm³/mol. The maximum atomic E-state index is 12.0. The van der Waals surface area contributed by atoms with Crippen LogP contribution in [-0.4, -0.2) is 36.0 Å². The van der Waals surface area contributed by atoms with Gasteiger partial charge < -0.3 is 10.2 Å². The lowest BCUT2D eigenvalue weighted by atomic mass is 9.82. The quantitative estimate of drug-likeness (QED) is 0.863. The smallest absolute Gasteiger partial charge is 0.225 e. The van der Waals surface area contributed by atoms with Gasteiger partial charge in [-0.15, -0.1) is 0 Å². The van der Waals surface area contributed by atoms with E-state index in [2.05, 4.69) is 10.2 Å². The van der Waals surface area contributed by atoms with E-state index in [-0.39, 0.29) is 5.92 Å². The van der Waals surface area contributed by atoms with Gasteiger partial charge in [0, 0.05) is 31.1 Å². The van der Waals surface area contributed by atoms with Gasteiger partial charge in [0.05, 0.1) is 0 Å². The van der Waals surface area contributed by atoms with Crippen LogP contribution in [0.5, 0.6) is 0 Å². The Morgan fingerprint density at radius 2 is 1.67 bits per heavy atom. The molecule has 2 saturated carbocycles. The van der Waals surface area contributed by atoms with Gasteiger partial charge >= 0.3 is 0 Å². The Kier molecular flexibility index (Phi) is 4.88. The van der Waals surface area contributed by atoms with Gasteiger partial charge in [0.25, 0.3) is 0 Å². The number of piperidine rings is 1. The fourth-order valence-corrected chi connectivity index (χ4v) is 4.34. The molecule has 0 aromatic carbocycles. The van der Waals surface area contributed by atoms with E-state index in [4.69, 9.17) is 0 Å². The van der Waals surface area contributed by atoms with Gasteiger partial charge in [-0.25, -0.2) is 0 Å². The van der Waals surface area contributed by atoms with Gasteiger partial charge in [0.1, 0.15) is 0 Å². The number of nitrogens with one attached hydrogen (secondary N) is 1. The number of carbonyl (C=O) groups excluding carboxylic acids is 1. The lowest BCUT2D eigenvalue weighted by Gasteiger charge is -2.37. The second-order valence-electron chi connectivity index (χ2n) is 7.88. The Balaban J connectivity index is 1.41. The van der Waals surface area contributed by atoms with E-state index < -0.39 is 0 Å². The van der Waals surface area contributed by atoms with Crippen molar-refractivity contribution in [3.05, 3.63) is 0 Å². The lowest BCUT2D eigenvalue weighted by molar-refractivity contribution is -0.135. The number of likely N-dealkylation sites (tertiary alicyclic amines) is 1. The van der Waals surface area contributed by atoms with Crippen LogP contribution >= 0.6 is 0 Å². The molecule has 3 rings (SSSR count). The number of carbonyl (C=O) groups is 1. The summed E-state index contributed by atoms with van der Waals surface area (Å²) in [5.74, 6) is 2.56. The Bertz CT molecular complexity index is 356. The fraction of sp³-hybridized carbons (Fsp3) is 0.944. The molecule has 3 fully saturated rings. The Hall–Kier alpha value is -0.570. The van der Waals surface area contributed by atoms with Crippen LogP contribution < -0.4 is 5.32 Å². The molecule has 0 radical (unpaired) electrons. The van der Waals surface area contributed by atoms with E-state index in [1.165, 1.54) is 38.5 Å². The highest BCUT2D eigenvalue weighted by Crippen LogP contribution is 2.44. The summed E-state index contributed by atoms with van der Waals surface area (Å²) in [5.41, 5.74) is 0. The molecule has 21 heavy (non-hydrogen) atoms.